The van der Waals surface area contributed by atoms with Crippen molar-refractivity contribution in [2.75, 3.05) is 13.7 Å². The van der Waals surface area contributed by atoms with Crippen molar-refractivity contribution >= 4 is 32.8 Å². The number of benzene rings is 1. The third kappa shape index (κ3) is 2.82. The second kappa shape index (κ2) is 6.42. The molecule has 0 saturated carbocycles. The number of nitrogens with zero attached hydrogens (tertiary/aromatic N) is 1. The summed E-state index contributed by atoms with van der Waals surface area (Å²) in [5, 5.41) is 0.897. The summed E-state index contributed by atoms with van der Waals surface area (Å²) in [5.41, 5.74) is 2.70. The predicted molar refractivity (Wildman–Crippen MR) is 91.7 cm³/mol. The number of esters is 1. The molecule has 5 nitrogen and oxygen atoms in total. The van der Waals surface area contributed by atoms with Gasteiger partial charge in [-0.2, -0.15) is 0 Å². The van der Waals surface area contributed by atoms with Gasteiger partial charge in [0.05, 0.1) is 13.7 Å². The highest BCUT2D eigenvalue weighted by molar-refractivity contribution is 9.10. The van der Waals surface area contributed by atoms with Crippen LogP contribution in [0.25, 0.3) is 22.0 Å². The van der Waals surface area contributed by atoms with E-state index < -0.39 is 5.97 Å². The Morgan fingerprint density at radius 1 is 1.35 bits per heavy atom. The molecule has 1 aromatic carbocycles. The second-order valence-electron chi connectivity index (χ2n) is 4.85. The highest BCUT2D eigenvalue weighted by Crippen LogP contribution is 2.38. The van der Waals surface area contributed by atoms with Gasteiger partial charge in [-0.05, 0) is 37.3 Å². The molecular formula is C17H15BrN2O3. The maximum Gasteiger partial charge on any atom is 0.355 e. The summed E-state index contributed by atoms with van der Waals surface area (Å²) in [5.74, 6) is 0.0552. The zero-order valence-corrected chi connectivity index (χ0v) is 14.3. The molecule has 0 aliphatic rings. The number of methoxy groups -OCH3 is 1. The Bertz CT molecular complexity index is 873. The first-order valence-electron chi connectivity index (χ1n) is 7.13. The lowest BCUT2D eigenvalue weighted by Gasteiger charge is -2.08. The molecule has 0 atom stereocenters. The molecule has 23 heavy (non-hydrogen) atoms. The van der Waals surface area contributed by atoms with Crippen molar-refractivity contribution in [1.29, 1.82) is 0 Å². The molecule has 2 heterocycles. The van der Waals surface area contributed by atoms with Crippen LogP contribution >= 0.6 is 15.9 Å². The monoisotopic (exact) mass is 374 g/mol. The van der Waals surface area contributed by atoms with Gasteiger partial charge in [-0.15, -0.1) is 0 Å². The minimum absolute atomic E-state index is 0.307. The van der Waals surface area contributed by atoms with Gasteiger partial charge in [-0.3, -0.25) is 0 Å². The SMILES string of the molecule is CCOC(=O)c1[nH]c2ccc(Br)cc2c1-c1cccnc1OC. The standard InChI is InChI=1S/C17H15BrN2O3/c1-3-23-17(21)15-14(11-5-4-8-19-16(11)22-2)12-9-10(18)6-7-13(12)20-15/h4-9,20H,3H2,1-2H3. The molecule has 0 spiro atoms. The number of hydrogen-bond acceptors (Lipinski definition) is 4. The van der Waals surface area contributed by atoms with Crippen LogP contribution in [0.4, 0.5) is 0 Å². The van der Waals surface area contributed by atoms with Crippen molar-refractivity contribution in [1.82, 2.24) is 9.97 Å². The second-order valence-corrected chi connectivity index (χ2v) is 5.76. The minimum atomic E-state index is -0.402. The highest BCUT2D eigenvalue weighted by Gasteiger charge is 2.23. The average molecular weight is 375 g/mol. The average Bonchev–Trinajstić information content (AvgIpc) is 2.93. The van der Waals surface area contributed by atoms with Crippen LogP contribution in [0.15, 0.2) is 41.0 Å². The Kier molecular flexibility index (Phi) is 4.34. The maximum absolute atomic E-state index is 12.4. The van der Waals surface area contributed by atoms with E-state index in [-0.39, 0.29) is 0 Å². The zero-order valence-electron chi connectivity index (χ0n) is 12.7. The first-order chi connectivity index (χ1) is 11.2. The molecule has 0 aliphatic heterocycles. The number of hydrogen-bond donors (Lipinski definition) is 1. The fraction of sp³-hybridized carbons (Fsp3) is 0.176. The zero-order chi connectivity index (χ0) is 16.4. The summed E-state index contributed by atoms with van der Waals surface area (Å²) in [6.07, 6.45) is 1.65. The van der Waals surface area contributed by atoms with Gasteiger partial charge in [0.15, 0.2) is 0 Å². The third-order valence-corrected chi connectivity index (χ3v) is 3.97. The number of halogens is 1. The number of carbonyl (C=O) groups is 1. The van der Waals surface area contributed by atoms with Crippen molar-refractivity contribution < 1.29 is 14.3 Å². The van der Waals surface area contributed by atoms with Gasteiger partial charge in [-0.25, -0.2) is 9.78 Å². The molecule has 0 bridgehead atoms. The number of H-pyrrole nitrogens is 1. The minimum Gasteiger partial charge on any atom is -0.481 e. The summed E-state index contributed by atoms with van der Waals surface area (Å²) in [4.78, 5) is 19.7. The van der Waals surface area contributed by atoms with Crippen LogP contribution in [-0.4, -0.2) is 29.7 Å². The van der Waals surface area contributed by atoms with E-state index in [0.29, 0.717) is 18.2 Å². The molecule has 0 fully saturated rings. The summed E-state index contributed by atoms with van der Waals surface area (Å²) < 4.78 is 11.5. The van der Waals surface area contributed by atoms with E-state index in [1.807, 2.05) is 30.3 Å². The molecule has 1 N–H and O–H groups in total. The summed E-state index contributed by atoms with van der Waals surface area (Å²) in [6, 6.07) is 9.46. The molecule has 0 saturated heterocycles. The van der Waals surface area contributed by atoms with E-state index in [4.69, 9.17) is 9.47 Å². The topological polar surface area (TPSA) is 64.2 Å². The Balaban J connectivity index is 2.33. The number of fused-ring (bicyclic) bond motifs is 1. The van der Waals surface area contributed by atoms with Crippen LogP contribution in [0.5, 0.6) is 5.88 Å². The number of aromatic amines is 1. The molecule has 118 valence electrons. The number of carbonyl (C=O) groups excluding carboxylic acids is 1. The molecule has 0 amide bonds. The van der Waals surface area contributed by atoms with Gasteiger partial charge in [0.1, 0.15) is 5.69 Å². The van der Waals surface area contributed by atoms with E-state index in [0.717, 1.165) is 26.5 Å². The number of nitrogens with one attached hydrogen (secondary N) is 1. The van der Waals surface area contributed by atoms with E-state index in [2.05, 4.69) is 25.9 Å². The Morgan fingerprint density at radius 2 is 2.17 bits per heavy atom. The Hall–Kier alpha value is -2.34. The first-order valence-corrected chi connectivity index (χ1v) is 7.92. The Morgan fingerprint density at radius 3 is 2.91 bits per heavy atom. The van der Waals surface area contributed by atoms with Crippen molar-refractivity contribution in [3.8, 4) is 17.0 Å². The maximum atomic E-state index is 12.4. The lowest BCUT2D eigenvalue weighted by atomic mass is 10.0. The van der Waals surface area contributed by atoms with E-state index in [1.165, 1.54) is 0 Å². The third-order valence-electron chi connectivity index (χ3n) is 3.47. The van der Waals surface area contributed by atoms with Crippen LogP contribution in [0, 0.1) is 0 Å². The van der Waals surface area contributed by atoms with Crippen LogP contribution in [0.1, 0.15) is 17.4 Å². The van der Waals surface area contributed by atoms with Crippen LogP contribution in [-0.2, 0) is 4.74 Å². The van der Waals surface area contributed by atoms with Gasteiger partial charge < -0.3 is 14.5 Å². The predicted octanol–water partition coefficient (Wildman–Crippen LogP) is 4.18. The number of rotatable bonds is 4. The van der Waals surface area contributed by atoms with Crippen molar-refractivity contribution in [3.63, 3.8) is 0 Å². The van der Waals surface area contributed by atoms with E-state index >= 15 is 0 Å². The molecule has 0 radical (unpaired) electrons. The van der Waals surface area contributed by atoms with Crippen molar-refractivity contribution in [2.24, 2.45) is 0 Å². The normalized spacial score (nSPS) is 10.7. The van der Waals surface area contributed by atoms with Gasteiger partial charge in [0.25, 0.3) is 0 Å². The van der Waals surface area contributed by atoms with Crippen LogP contribution in [0.2, 0.25) is 0 Å². The van der Waals surface area contributed by atoms with Gasteiger partial charge in [0, 0.05) is 32.7 Å². The smallest absolute Gasteiger partial charge is 0.355 e. The molecular weight excluding hydrogens is 360 g/mol. The molecule has 0 aliphatic carbocycles. The first kappa shape index (κ1) is 15.6. The number of pyridine rings is 1. The largest absolute Gasteiger partial charge is 0.481 e. The molecule has 6 heteroatoms. The molecule has 3 rings (SSSR count). The number of ether oxygens (including phenoxy) is 2. The van der Waals surface area contributed by atoms with Gasteiger partial charge in [-0.1, -0.05) is 15.9 Å². The van der Waals surface area contributed by atoms with Crippen LogP contribution < -0.4 is 4.74 Å². The quantitative estimate of drug-likeness (QED) is 0.695. The van der Waals surface area contributed by atoms with Crippen molar-refractivity contribution in [3.05, 3.63) is 46.7 Å². The molecule has 0 unspecified atom stereocenters. The van der Waals surface area contributed by atoms with Gasteiger partial charge >= 0.3 is 5.97 Å². The van der Waals surface area contributed by atoms with E-state index in [9.17, 15) is 4.79 Å². The summed E-state index contributed by atoms with van der Waals surface area (Å²) in [6.45, 7) is 2.09. The Labute approximate surface area is 141 Å². The lowest BCUT2D eigenvalue weighted by molar-refractivity contribution is 0.0521. The fourth-order valence-corrected chi connectivity index (χ4v) is 2.91. The van der Waals surface area contributed by atoms with Gasteiger partial charge in [0.2, 0.25) is 5.88 Å². The summed E-state index contributed by atoms with van der Waals surface area (Å²) in [7, 11) is 1.56. The van der Waals surface area contributed by atoms with E-state index in [1.54, 1.807) is 20.2 Å². The highest BCUT2D eigenvalue weighted by atomic mass is 79.9. The summed E-state index contributed by atoms with van der Waals surface area (Å²) >= 11 is 3.47. The van der Waals surface area contributed by atoms with Crippen LogP contribution in [0.3, 0.4) is 0 Å². The van der Waals surface area contributed by atoms with Crippen molar-refractivity contribution in [2.45, 2.75) is 6.92 Å². The molecule has 2 aromatic heterocycles. The molecule has 3 aromatic rings. The lowest BCUT2D eigenvalue weighted by Crippen LogP contribution is -2.06. The number of aromatic nitrogens is 2. The fourth-order valence-electron chi connectivity index (χ4n) is 2.54.